The Morgan fingerprint density at radius 1 is 1.20 bits per heavy atom. The number of hydrogen-bond acceptors (Lipinski definition) is 3. The molecule has 2 aromatic rings. The van der Waals surface area contributed by atoms with E-state index in [0.717, 1.165) is 12.1 Å². The van der Waals surface area contributed by atoms with Crippen LogP contribution < -0.4 is 10.5 Å². The third kappa shape index (κ3) is 3.09. The number of sulfonamides is 1. The van der Waals surface area contributed by atoms with Gasteiger partial charge in [0.2, 0.25) is 0 Å². The van der Waals surface area contributed by atoms with Crippen LogP contribution in [0.25, 0.3) is 0 Å². The number of hydrogen-bond donors (Lipinski definition) is 2. The van der Waals surface area contributed by atoms with Crippen molar-refractivity contribution >= 4 is 27.3 Å². The summed E-state index contributed by atoms with van der Waals surface area (Å²) in [4.78, 5) is 0.0443. The highest BCUT2D eigenvalue weighted by atomic mass is 35.5. The second-order valence-electron chi connectivity index (χ2n) is 4.04. The summed E-state index contributed by atoms with van der Waals surface area (Å²) < 4.78 is 40.0. The van der Waals surface area contributed by atoms with Gasteiger partial charge in [0.1, 0.15) is 5.82 Å². The van der Waals surface area contributed by atoms with Crippen molar-refractivity contribution in [2.75, 3.05) is 4.72 Å². The Bertz CT molecular complexity index is 735. The van der Waals surface area contributed by atoms with Crippen molar-refractivity contribution in [3.8, 4) is 0 Å². The molecular weight excluding hydrogens is 303 g/mol. The third-order valence-electron chi connectivity index (χ3n) is 2.65. The van der Waals surface area contributed by atoms with Crippen LogP contribution in [0.2, 0.25) is 5.02 Å². The lowest BCUT2D eigenvalue weighted by molar-refractivity contribution is 0.600. The van der Waals surface area contributed by atoms with Gasteiger partial charge in [-0.05, 0) is 29.8 Å². The van der Waals surface area contributed by atoms with Gasteiger partial charge in [-0.3, -0.25) is 4.72 Å². The van der Waals surface area contributed by atoms with Crippen LogP contribution in [0.4, 0.5) is 10.1 Å². The van der Waals surface area contributed by atoms with Gasteiger partial charge in [-0.15, -0.1) is 0 Å². The lowest BCUT2D eigenvalue weighted by atomic mass is 10.2. The molecule has 2 rings (SSSR count). The summed E-state index contributed by atoms with van der Waals surface area (Å²) in [5, 5.41) is 0.111. The quantitative estimate of drug-likeness (QED) is 0.911. The van der Waals surface area contributed by atoms with Gasteiger partial charge in [0.15, 0.2) is 0 Å². The second kappa shape index (κ2) is 5.78. The molecule has 0 unspecified atom stereocenters. The van der Waals surface area contributed by atoms with E-state index in [1.54, 1.807) is 18.2 Å². The largest absolute Gasteiger partial charge is 0.326 e. The molecule has 3 N–H and O–H groups in total. The van der Waals surface area contributed by atoms with E-state index in [0.29, 0.717) is 5.56 Å². The molecule has 0 aliphatic heterocycles. The normalized spacial score (nSPS) is 11.3. The average molecular weight is 315 g/mol. The number of nitrogens with one attached hydrogen (secondary N) is 1. The Labute approximate surface area is 121 Å². The zero-order valence-electron chi connectivity index (χ0n) is 10.3. The van der Waals surface area contributed by atoms with Gasteiger partial charge in [-0.2, -0.15) is 0 Å². The van der Waals surface area contributed by atoms with Gasteiger partial charge in [-0.25, -0.2) is 12.8 Å². The van der Waals surface area contributed by atoms with Gasteiger partial charge < -0.3 is 5.73 Å². The molecule has 0 saturated carbocycles. The standard InChI is InChI=1S/C13H12ClFN2O2S/c14-11-6-5-10(15)7-12(11)17-20(18,19)13-4-2-1-3-9(13)8-16/h1-7,17H,8,16H2. The maximum absolute atomic E-state index is 13.2. The minimum absolute atomic E-state index is 0.0153. The number of nitrogens with two attached hydrogens (primary N) is 1. The zero-order valence-corrected chi connectivity index (χ0v) is 11.9. The molecule has 0 amide bonds. The topological polar surface area (TPSA) is 72.2 Å². The Hall–Kier alpha value is -1.63. The molecular formula is C13H12ClFN2O2S. The van der Waals surface area contributed by atoms with E-state index in [-0.39, 0.29) is 22.2 Å². The summed E-state index contributed by atoms with van der Waals surface area (Å²) >= 11 is 5.85. The number of halogens is 2. The molecule has 106 valence electrons. The Kier molecular flexibility index (Phi) is 4.27. The van der Waals surface area contributed by atoms with E-state index in [2.05, 4.69) is 4.72 Å². The molecule has 0 fully saturated rings. The minimum atomic E-state index is -3.88. The van der Waals surface area contributed by atoms with Gasteiger partial charge in [-0.1, -0.05) is 29.8 Å². The summed E-state index contributed by atoms with van der Waals surface area (Å²) in [6.45, 7) is 0.0773. The summed E-state index contributed by atoms with van der Waals surface area (Å²) in [5.74, 6) is -0.584. The van der Waals surface area contributed by atoms with E-state index in [4.69, 9.17) is 17.3 Å². The van der Waals surface area contributed by atoms with Crippen molar-refractivity contribution in [3.63, 3.8) is 0 Å². The van der Waals surface area contributed by atoms with E-state index >= 15 is 0 Å². The lowest BCUT2D eigenvalue weighted by Gasteiger charge is -2.12. The van der Waals surface area contributed by atoms with Crippen molar-refractivity contribution in [3.05, 3.63) is 58.9 Å². The first-order chi connectivity index (χ1) is 9.44. The molecule has 4 nitrogen and oxygen atoms in total. The molecule has 7 heteroatoms. The van der Waals surface area contributed by atoms with Crippen molar-refractivity contribution in [2.45, 2.75) is 11.4 Å². The lowest BCUT2D eigenvalue weighted by Crippen LogP contribution is -2.16. The number of benzene rings is 2. The molecule has 0 heterocycles. The van der Waals surface area contributed by atoms with E-state index in [9.17, 15) is 12.8 Å². The smallest absolute Gasteiger partial charge is 0.262 e. The second-order valence-corrected chi connectivity index (χ2v) is 6.10. The first-order valence-electron chi connectivity index (χ1n) is 5.70. The predicted molar refractivity (Wildman–Crippen MR) is 76.6 cm³/mol. The molecule has 0 atom stereocenters. The molecule has 20 heavy (non-hydrogen) atoms. The zero-order chi connectivity index (χ0) is 14.8. The van der Waals surface area contributed by atoms with Crippen LogP contribution in [0.1, 0.15) is 5.56 Å². The molecule has 2 aromatic carbocycles. The van der Waals surface area contributed by atoms with Crippen molar-refractivity contribution in [2.24, 2.45) is 5.73 Å². The Morgan fingerprint density at radius 3 is 2.60 bits per heavy atom. The van der Waals surface area contributed by atoms with Crippen LogP contribution in [-0.4, -0.2) is 8.42 Å². The van der Waals surface area contributed by atoms with Gasteiger partial charge >= 0.3 is 0 Å². The first kappa shape index (κ1) is 14.8. The van der Waals surface area contributed by atoms with Gasteiger partial charge in [0.05, 0.1) is 15.6 Å². The first-order valence-corrected chi connectivity index (χ1v) is 7.56. The number of rotatable bonds is 4. The van der Waals surface area contributed by atoms with Crippen LogP contribution in [0.5, 0.6) is 0 Å². The molecule has 0 radical (unpaired) electrons. The molecule has 0 aromatic heterocycles. The fourth-order valence-electron chi connectivity index (χ4n) is 1.71. The molecule has 0 aliphatic rings. The van der Waals surface area contributed by atoms with Crippen LogP contribution in [0, 0.1) is 5.82 Å². The highest BCUT2D eigenvalue weighted by Crippen LogP contribution is 2.26. The molecule has 0 saturated heterocycles. The van der Waals surface area contributed by atoms with Gasteiger partial charge in [0, 0.05) is 6.54 Å². The monoisotopic (exact) mass is 314 g/mol. The molecule has 0 bridgehead atoms. The maximum atomic E-state index is 13.2. The SMILES string of the molecule is NCc1ccccc1S(=O)(=O)Nc1cc(F)ccc1Cl. The van der Waals surface area contributed by atoms with Gasteiger partial charge in [0.25, 0.3) is 10.0 Å². The van der Waals surface area contributed by atoms with Crippen LogP contribution >= 0.6 is 11.6 Å². The van der Waals surface area contributed by atoms with Crippen molar-refractivity contribution in [1.82, 2.24) is 0 Å². The fourth-order valence-corrected chi connectivity index (χ4v) is 3.25. The van der Waals surface area contributed by atoms with Crippen molar-refractivity contribution < 1.29 is 12.8 Å². The molecule has 0 spiro atoms. The highest BCUT2D eigenvalue weighted by molar-refractivity contribution is 7.92. The van der Waals surface area contributed by atoms with Crippen LogP contribution in [0.3, 0.4) is 0 Å². The fraction of sp³-hybridized carbons (Fsp3) is 0.0769. The summed E-state index contributed by atoms with van der Waals surface area (Å²) in [5.41, 5.74) is 5.97. The summed E-state index contributed by atoms with van der Waals surface area (Å²) in [6.07, 6.45) is 0. The van der Waals surface area contributed by atoms with Crippen LogP contribution in [-0.2, 0) is 16.6 Å². The Morgan fingerprint density at radius 2 is 1.90 bits per heavy atom. The Balaban J connectivity index is 2.43. The number of anilines is 1. The molecule has 0 aliphatic carbocycles. The third-order valence-corrected chi connectivity index (χ3v) is 4.45. The maximum Gasteiger partial charge on any atom is 0.262 e. The average Bonchev–Trinajstić information content (AvgIpc) is 2.42. The summed E-state index contributed by atoms with van der Waals surface area (Å²) in [6, 6.07) is 9.76. The van der Waals surface area contributed by atoms with E-state index in [1.807, 2.05) is 0 Å². The predicted octanol–water partition coefficient (Wildman–Crippen LogP) is 2.74. The van der Waals surface area contributed by atoms with Crippen molar-refractivity contribution in [1.29, 1.82) is 0 Å². The van der Waals surface area contributed by atoms with E-state index in [1.165, 1.54) is 12.1 Å². The summed E-state index contributed by atoms with van der Waals surface area (Å²) in [7, 11) is -3.88. The van der Waals surface area contributed by atoms with Crippen LogP contribution in [0.15, 0.2) is 47.4 Å². The highest BCUT2D eigenvalue weighted by Gasteiger charge is 2.19. The minimum Gasteiger partial charge on any atom is -0.326 e. The van der Waals surface area contributed by atoms with E-state index < -0.39 is 15.8 Å².